The Morgan fingerprint density at radius 3 is 2.29 bits per heavy atom. The molecule has 1 aromatic heterocycles. The second kappa shape index (κ2) is 5.64. The van der Waals surface area contributed by atoms with E-state index in [1.54, 1.807) is 0 Å². The molecule has 0 spiro atoms. The Morgan fingerprint density at radius 2 is 1.86 bits per heavy atom. The van der Waals surface area contributed by atoms with E-state index in [2.05, 4.69) is 15.3 Å². The quantitative estimate of drug-likeness (QED) is 0.547. The Morgan fingerprint density at radius 1 is 1.29 bits per heavy atom. The van der Waals surface area contributed by atoms with Crippen molar-refractivity contribution in [1.82, 2.24) is 9.97 Å². The van der Waals surface area contributed by atoms with E-state index in [0.29, 0.717) is 6.07 Å². The van der Waals surface area contributed by atoms with E-state index in [9.17, 15) is 21.6 Å². The molecule has 0 saturated carbocycles. The van der Waals surface area contributed by atoms with Gasteiger partial charge in [0.1, 0.15) is 5.82 Å². The van der Waals surface area contributed by atoms with Gasteiger partial charge in [-0.05, 0) is 13.8 Å². The van der Waals surface area contributed by atoms with Gasteiger partial charge >= 0.3 is 6.18 Å². The van der Waals surface area contributed by atoms with Crippen LogP contribution in [0, 0.1) is 0 Å². The van der Waals surface area contributed by atoms with Crippen molar-refractivity contribution >= 4 is 21.6 Å². The number of nitrogen functional groups attached to an aromatic ring is 1. The summed E-state index contributed by atoms with van der Waals surface area (Å²) in [6, 6.07) is 0.680. The topological polar surface area (TPSA) is 110 Å². The number of hydrazine groups is 1. The molecule has 1 heterocycles. The number of hydrogen-bond donors (Lipinski definition) is 3. The molecule has 0 saturated heterocycles. The number of hydrogen-bond acceptors (Lipinski definition) is 7. The van der Waals surface area contributed by atoms with Crippen LogP contribution >= 0.6 is 0 Å². The lowest BCUT2D eigenvalue weighted by Gasteiger charge is -2.23. The number of halogens is 3. The number of aromatic nitrogens is 2. The largest absolute Gasteiger partial charge is 0.433 e. The molecule has 0 atom stereocenters. The van der Waals surface area contributed by atoms with E-state index < -0.39 is 32.4 Å². The molecule has 0 bridgehead atoms. The Bertz CT molecular complexity index is 616. The van der Waals surface area contributed by atoms with Crippen LogP contribution in [0.5, 0.6) is 0 Å². The van der Waals surface area contributed by atoms with Crippen LogP contribution in [0.4, 0.5) is 24.9 Å². The fourth-order valence-electron chi connectivity index (χ4n) is 1.18. The third kappa shape index (κ3) is 4.43. The number of sulfone groups is 1. The van der Waals surface area contributed by atoms with Crippen LogP contribution in [0.15, 0.2) is 6.07 Å². The van der Waals surface area contributed by atoms with E-state index in [1.807, 2.05) is 5.43 Å². The molecule has 0 aliphatic rings. The van der Waals surface area contributed by atoms with Crippen molar-refractivity contribution < 1.29 is 21.6 Å². The van der Waals surface area contributed by atoms with E-state index in [4.69, 9.17) is 5.84 Å². The first kappa shape index (κ1) is 17.4. The molecular formula is C10H16F3N5O2S. The van der Waals surface area contributed by atoms with Gasteiger partial charge in [-0.1, -0.05) is 0 Å². The van der Waals surface area contributed by atoms with Crippen molar-refractivity contribution in [3.05, 3.63) is 11.8 Å². The zero-order valence-electron chi connectivity index (χ0n) is 11.6. The minimum Gasteiger partial charge on any atom is -0.368 e. The first-order chi connectivity index (χ1) is 9.37. The van der Waals surface area contributed by atoms with Gasteiger partial charge in [0.2, 0.25) is 5.95 Å². The van der Waals surface area contributed by atoms with Gasteiger partial charge in [-0.25, -0.2) is 19.2 Å². The SMILES string of the molecule is CC(C)(CNc1cc(C(F)(F)F)nc(NN)n1)S(C)(=O)=O. The van der Waals surface area contributed by atoms with E-state index in [1.165, 1.54) is 13.8 Å². The number of rotatable bonds is 5. The molecule has 7 nitrogen and oxygen atoms in total. The maximum absolute atomic E-state index is 12.7. The van der Waals surface area contributed by atoms with Gasteiger partial charge in [-0.3, -0.25) is 5.43 Å². The fourth-order valence-corrected chi connectivity index (χ4v) is 1.52. The van der Waals surface area contributed by atoms with E-state index >= 15 is 0 Å². The molecule has 11 heteroatoms. The second-order valence-corrected chi connectivity index (χ2v) is 7.64. The first-order valence-corrected chi connectivity index (χ1v) is 7.62. The lowest BCUT2D eigenvalue weighted by atomic mass is 10.2. The number of nitrogens with zero attached hydrogens (tertiary/aromatic N) is 2. The standard InChI is InChI=1S/C10H16F3N5O2S/c1-9(2,21(3,19)20)5-15-7-4-6(10(11,12)13)16-8(17-7)18-14/h4H,5,14H2,1-3H3,(H2,15,16,17,18). The summed E-state index contributed by atoms with van der Waals surface area (Å²) in [4.78, 5) is 6.88. The van der Waals surface area contributed by atoms with Gasteiger partial charge < -0.3 is 5.32 Å². The lowest BCUT2D eigenvalue weighted by Crippen LogP contribution is -2.38. The van der Waals surface area contributed by atoms with Gasteiger partial charge in [-0.2, -0.15) is 18.2 Å². The van der Waals surface area contributed by atoms with Crippen LogP contribution in [-0.4, -0.2) is 35.9 Å². The number of nitrogens with two attached hydrogens (primary N) is 1. The third-order valence-electron chi connectivity index (χ3n) is 2.84. The molecule has 0 amide bonds. The molecule has 0 fully saturated rings. The number of nitrogens with one attached hydrogen (secondary N) is 2. The maximum atomic E-state index is 12.7. The van der Waals surface area contributed by atoms with Crippen LogP contribution in [0.1, 0.15) is 19.5 Å². The smallest absolute Gasteiger partial charge is 0.368 e. The summed E-state index contributed by atoms with van der Waals surface area (Å²) in [5.41, 5.74) is 0.737. The van der Waals surface area contributed by atoms with Crippen LogP contribution in [0.3, 0.4) is 0 Å². The molecule has 120 valence electrons. The molecule has 0 unspecified atom stereocenters. The predicted octanol–water partition coefficient (Wildman–Crippen LogP) is 1.02. The maximum Gasteiger partial charge on any atom is 0.433 e. The average molecular weight is 327 g/mol. The normalized spacial score (nSPS) is 13.1. The van der Waals surface area contributed by atoms with E-state index in [0.717, 1.165) is 6.26 Å². The Kier molecular flexibility index (Phi) is 4.68. The number of anilines is 2. The van der Waals surface area contributed by atoms with Gasteiger partial charge in [0.15, 0.2) is 15.5 Å². The third-order valence-corrected chi connectivity index (χ3v) is 5.00. The molecule has 1 rings (SSSR count). The van der Waals surface area contributed by atoms with Gasteiger partial charge in [-0.15, -0.1) is 0 Å². The summed E-state index contributed by atoms with van der Waals surface area (Å²) in [5.74, 6) is 4.41. The van der Waals surface area contributed by atoms with Crippen LogP contribution in [0.2, 0.25) is 0 Å². The van der Waals surface area contributed by atoms with Crippen molar-refractivity contribution in [3.8, 4) is 0 Å². The summed E-state index contributed by atoms with van der Waals surface area (Å²) in [6.07, 6.45) is -3.63. The molecule has 1 aromatic rings. The summed E-state index contributed by atoms with van der Waals surface area (Å²) in [5, 5.41) is 2.55. The van der Waals surface area contributed by atoms with Crippen LogP contribution in [0.25, 0.3) is 0 Å². The van der Waals surface area contributed by atoms with Crippen molar-refractivity contribution in [2.75, 3.05) is 23.5 Å². The second-order valence-electron chi connectivity index (χ2n) is 4.99. The summed E-state index contributed by atoms with van der Waals surface area (Å²) in [7, 11) is -3.40. The molecule has 0 aromatic carbocycles. The summed E-state index contributed by atoms with van der Waals surface area (Å²) in [6.45, 7) is 2.77. The molecule has 0 aliphatic carbocycles. The van der Waals surface area contributed by atoms with E-state index in [-0.39, 0.29) is 12.4 Å². The molecular weight excluding hydrogens is 311 g/mol. The molecule has 0 aliphatic heterocycles. The summed E-state index contributed by atoms with van der Waals surface area (Å²) >= 11 is 0. The van der Waals surface area contributed by atoms with Crippen LogP contribution in [-0.2, 0) is 16.0 Å². The monoisotopic (exact) mass is 327 g/mol. The minimum atomic E-state index is -4.67. The van der Waals surface area contributed by atoms with Crippen molar-refractivity contribution in [1.29, 1.82) is 0 Å². The Hall–Kier alpha value is -1.62. The Labute approximate surface area is 120 Å². The summed E-state index contributed by atoms with van der Waals surface area (Å²) < 4.78 is 59.9. The molecule has 0 radical (unpaired) electrons. The van der Waals surface area contributed by atoms with Crippen molar-refractivity contribution in [3.63, 3.8) is 0 Å². The highest BCUT2D eigenvalue weighted by atomic mass is 32.2. The number of alkyl halides is 3. The highest BCUT2D eigenvalue weighted by Crippen LogP contribution is 2.29. The minimum absolute atomic E-state index is 0.121. The Balaban J connectivity index is 3.04. The zero-order chi connectivity index (χ0) is 16.5. The lowest BCUT2D eigenvalue weighted by molar-refractivity contribution is -0.141. The fraction of sp³-hybridized carbons (Fsp3) is 0.600. The van der Waals surface area contributed by atoms with Gasteiger partial charge in [0.25, 0.3) is 0 Å². The molecule has 21 heavy (non-hydrogen) atoms. The van der Waals surface area contributed by atoms with Gasteiger partial charge in [0, 0.05) is 18.9 Å². The van der Waals surface area contributed by atoms with Gasteiger partial charge in [0.05, 0.1) is 4.75 Å². The molecule has 4 N–H and O–H groups in total. The zero-order valence-corrected chi connectivity index (χ0v) is 12.4. The first-order valence-electron chi connectivity index (χ1n) is 5.73. The van der Waals surface area contributed by atoms with Crippen LogP contribution < -0.4 is 16.6 Å². The highest BCUT2D eigenvalue weighted by Gasteiger charge is 2.34. The van der Waals surface area contributed by atoms with Crippen molar-refractivity contribution in [2.24, 2.45) is 5.84 Å². The average Bonchev–Trinajstić information content (AvgIpc) is 2.33. The predicted molar refractivity (Wildman–Crippen MR) is 72.3 cm³/mol. The highest BCUT2D eigenvalue weighted by molar-refractivity contribution is 7.92. The van der Waals surface area contributed by atoms with Crippen molar-refractivity contribution in [2.45, 2.75) is 24.8 Å².